The lowest BCUT2D eigenvalue weighted by Crippen LogP contribution is -2.46. The minimum Gasteiger partial charge on any atom is -0.361 e. The first-order chi connectivity index (χ1) is 15.9. The van der Waals surface area contributed by atoms with E-state index in [-0.39, 0.29) is 12.5 Å². The molecule has 0 spiro atoms. The average Bonchev–Trinajstić information content (AvgIpc) is 3.34. The number of aromatic amines is 1. The highest BCUT2D eigenvalue weighted by Gasteiger charge is 2.49. The van der Waals surface area contributed by atoms with Crippen LogP contribution in [0, 0.1) is 6.92 Å². The molecule has 3 heterocycles. The molecule has 170 valence electrons. The Morgan fingerprint density at radius 1 is 1.06 bits per heavy atom. The van der Waals surface area contributed by atoms with Crippen LogP contribution in [-0.4, -0.2) is 52.3 Å². The fraction of sp³-hybridized carbons (Fsp3) is 0.346. The molecule has 7 nitrogen and oxygen atoms in total. The van der Waals surface area contributed by atoms with Gasteiger partial charge in [0.2, 0.25) is 5.91 Å². The van der Waals surface area contributed by atoms with Crippen molar-refractivity contribution in [3.05, 3.63) is 71.4 Å². The summed E-state index contributed by atoms with van der Waals surface area (Å²) in [4.78, 5) is 44.9. The van der Waals surface area contributed by atoms with Crippen molar-refractivity contribution < 1.29 is 14.4 Å². The van der Waals surface area contributed by atoms with Crippen LogP contribution in [0.3, 0.4) is 0 Å². The first-order valence-corrected chi connectivity index (χ1v) is 11.4. The average molecular weight is 445 g/mol. The van der Waals surface area contributed by atoms with Gasteiger partial charge >= 0.3 is 6.03 Å². The van der Waals surface area contributed by atoms with Gasteiger partial charge in [0.1, 0.15) is 12.1 Å². The molecular weight excluding hydrogens is 416 g/mol. The number of hydrogen-bond donors (Lipinski definition) is 2. The molecule has 0 bridgehead atoms. The number of benzene rings is 2. The summed E-state index contributed by atoms with van der Waals surface area (Å²) in [6.07, 6.45) is 3.79. The van der Waals surface area contributed by atoms with Gasteiger partial charge in [0, 0.05) is 30.2 Å². The Bertz CT molecular complexity index is 1220. The van der Waals surface area contributed by atoms with E-state index in [4.69, 9.17) is 0 Å². The first kappa shape index (κ1) is 21.2. The third kappa shape index (κ3) is 3.67. The second-order valence-electron chi connectivity index (χ2n) is 9.26. The summed E-state index contributed by atoms with van der Waals surface area (Å²) in [7, 11) is 0. The second kappa shape index (κ2) is 8.06. The Labute approximate surface area is 192 Å². The number of aromatic nitrogens is 1. The number of nitrogens with zero attached hydrogens (tertiary/aromatic N) is 2. The molecular formula is C26H28N4O3. The number of rotatable bonds is 4. The van der Waals surface area contributed by atoms with Gasteiger partial charge in [-0.2, -0.15) is 0 Å². The van der Waals surface area contributed by atoms with E-state index in [9.17, 15) is 14.4 Å². The number of urea groups is 1. The SMILES string of the molecule is Cc1ccc(C2(C)NC(=O)N(CC(=O)N3CCC(c4c[nH]c5ccccc45)CC3)C2=O)cc1. The Hall–Kier alpha value is -3.61. The number of H-pyrrole nitrogens is 1. The normalized spacial score (nSPS) is 21.6. The predicted octanol–water partition coefficient (Wildman–Crippen LogP) is 3.65. The van der Waals surface area contributed by atoms with Crippen molar-refractivity contribution in [3.8, 4) is 0 Å². The van der Waals surface area contributed by atoms with E-state index in [0.717, 1.165) is 28.8 Å². The largest absolute Gasteiger partial charge is 0.361 e. The van der Waals surface area contributed by atoms with E-state index >= 15 is 0 Å². The van der Waals surface area contributed by atoms with Crippen molar-refractivity contribution in [2.24, 2.45) is 0 Å². The Morgan fingerprint density at radius 3 is 2.48 bits per heavy atom. The van der Waals surface area contributed by atoms with Crippen molar-refractivity contribution >= 4 is 28.7 Å². The Kier molecular flexibility index (Phi) is 5.19. The van der Waals surface area contributed by atoms with Gasteiger partial charge < -0.3 is 15.2 Å². The zero-order valence-electron chi connectivity index (χ0n) is 18.9. The second-order valence-corrected chi connectivity index (χ2v) is 9.26. The van der Waals surface area contributed by atoms with Crippen LogP contribution in [0.25, 0.3) is 10.9 Å². The predicted molar refractivity (Wildman–Crippen MR) is 126 cm³/mol. The van der Waals surface area contributed by atoms with Crippen LogP contribution in [0.15, 0.2) is 54.7 Å². The monoisotopic (exact) mass is 444 g/mol. The van der Waals surface area contributed by atoms with Crippen LogP contribution in [-0.2, 0) is 15.1 Å². The van der Waals surface area contributed by atoms with Gasteiger partial charge in [-0.25, -0.2) is 4.79 Å². The highest BCUT2D eigenvalue weighted by atomic mass is 16.2. The van der Waals surface area contributed by atoms with Crippen LogP contribution in [0.4, 0.5) is 4.79 Å². The fourth-order valence-corrected chi connectivity index (χ4v) is 5.03. The lowest BCUT2D eigenvalue weighted by Gasteiger charge is -2.32. The molecule has 5 rings (SSSR count). The summed E-state index contributed by atoms with van der Waals surface area (Å²) in [5.74, 6) is -0.200. The maximum atomic E-state index is 13.1. The minimum absolute atomic E-state index is 0.191. The van der Waals surface area contributed by atoms with E-state index in [1.54, 1.807) is 11.8 Å². The smallest absolute Gasteiger partial charge is 0.325 e. The molecule has 2 saturated heterocycles. The highest BCUT2D eigenvalue weighted by molar-refractivity contribution is 6.09. The molecule has 2 fully saturated rings. The quantitative estimate of drug-likeness (QED) is 0.603. The molecule has 1 atom stereocenters. The zero-order valence-corrected chi connectivity index (χ0v) is 18.9. The van der Waals surface area contributed by atoms with Crippen LogP contribution >= 0.6 is 0 Å². The van der Waals surface area contributed by atoms with Gasteiger partial charge in [-0.1, -0.05) is 48.0 Å². The summed E-state index contributed by atoms with van der Waals surface area (Å²) in [6.45, 7) is 4.65. The number of aryl methyl sites for hydroxylation is 1. The van der Waals surface area contributed by atoms with Gasteiger partial charge in [0.25, 0.3) is 5.91 Å². The molecule has 2 aliphatic heterocycles. The molecule has 2 aliphatic rings. The van der Waals surface area contributed by atoms with Gasteiger partial charge in [-0.3, -0.25) is 14.5 Å². The standard InChI is InChI=1S/C26H28N4O3/c1-17-7-9-19(10-8-17)26(2)24(32)30(25(33)28-26)16-23(31)29-13-11-18(12-14-29)21-15-27-22-6-4-3-5-20(21)22/h3-10,15,18,27H,11-14,16H2,1-2H3,(H,28,33). The third-order valence-corrected chi connectivity index (χ3v) is 7.11. The molecule has 0 radical (unpaired) electrons. The molecule has 33 heavy (non-hydrogen) atoms. The lowest BCUT2D eigenvalue weighted by atomic mass is 9.89. The highest BCUT2D eigenvalue weighted by Crippen LogP contribution is 2.33. The number of imide groups is 1. The molecule has 2 aromatic carbocycles. The first-order valence-electron chi connectivity index (χ1n) is 11.4. The molecule has 7 heteroatoms. The number of piperidine rings is 1. The number of nitrogens with one attached hydrogen (secondary N) is 2. The molecule has 0 saturated carbocycles. The number of likely N-dealkylation sites (tertiary alicyclic amines) is 1. The molecule has 3 aromatic rings. The Morgan fingerprint density at radius 2 is 1.76 bits per heavy atom. The van der Waals surface area contributed by atoms with Crippen molar-refractivity contribution in [2.75, 3.05) is 19.6 Å². The third-order valence-electron chi connectivity index (χ3n) is 7.11. The van der Waals surface area contributed by atoms with Crippen molar-refractivity contribution in [2.45, 2.75) is 38.1 Å². The fourth-order valence-electron chi connectivity index (χ4n) is 5.03. The number of hydrogen-bond acceptors (Lipinski definition) is 3. The molecule has 2 N–H and O–H groups in total. The van der Waals surface area contributed by atoms with Gasteiger partial charge in [0.05, 0.1) is 0 Å². The van der Waals surface area contributed by atoms with E-state index in [0.29, 0.717) is 24.6 Å². The topological polar surface area (TPSA) is 85.5 Å². The summed E-state index contributed by atoms with van der Waals surface area (Å²) in [5, 5.41) is 4.01. The number of amides is 4. The van der Waals surface area contributed by atoms with Crippen LogP contribution in [0.2, 0.25) is 0 Å². The number of fused-ring (bicyclic) bond motifs is 1. The molecule has 1 aromatic heterocycles. The van der Waals surface area contributed by atoms with Crippen LogP contribution in [0.1, 0.15) is 42.4 Å². The summed E-state index contributed by atoms with van der Waals surface area (Å²) in [5.41, 5.74) is 3.04. The van der Waals surface area contributed by atoms with Gasteiger partial charge in [-0.05, 0) is 49.8 Å². The van der Waals surface area contributed by atoms with Crippen LogP contribution < -0.4 is 5.32 Å². The van der Waals surface area contributed by atoms with Gasteiger partial charge in [-0.15, -0.1) is 0 Å². The van der Waals surface area contributed by atoms with Gasteiger partial charge in [0.15, 0.2) is 0 Å². The maximum Gasteiger partial charge on any atom is 0.325 e. The summed E-state index contributed by atoms with van der Waals surface area (Å²) in [6, 6.07) is 15.2. The molecule has 4 amide bonds. The van der Waals surface area contributed by atoms with Crippen molar-refractivity contribution in [1.82, 2.24) is 20.1 Å². The zero-order chi connectivity index (χ0) is 23.2. The van der Waals surface area contributed by atoms with E-state index in [2.05, 4.69) is 28.6 Å². The number of carbonyl (C=O) groups is 3. The van der Waals surface area contributed by atoms with E-state index in [1.165, 1.54) is 10.9 Å². The van der Waals surface area contributed by atoms with Crippen LogP contribution in [0.5, 0.6) is 0 Å². The van der Waals surface area contributed by atoms with E-state index in [1.807, 2.05) is 43.3 Å². The number of carbonyl (C=O) groups excluding carboxylic acids is 3. The minimum atomic E-state index is -1.16. The maximum absolute atomic E-state index is 13.1. The lowest BCUT2D eigenvalue weighted by molar-refractivity contribution is -0.139. The Balaban J connectivity index is 1.23. The van der Waals surface area contributed by atoms with Crippen molar-refractivity contribution in [1.29, 1.82) is 0 Å². The molecule has 0 aliphatic carbocycles. The van der Waals surface area contributed by atoms with E-state index < -0.39 is 17.5 Å². The van der Waals surface area contributed by atoms with Crippen molar-refractivity contribution in [3.63, 3.8) is 0 Å². The summed E-state index contributed by atoms with van der Waals surface area (Å²) < 4.78 is 0. The molecule has 1 unspecified atom stereocenters. The number of para-hydroxylation sites is 1. The summed E-state index contributed by atoms with van der Waals surface area (Å²) >= 11 is 0.